The van der Waals surface area contributed by atoms with E-state index in [2.05, 4.69) is 6.58 Å². The van der Waals surface area contributed by atoms with Crippen LogP contribution in [0.2, 0.25) is 18.1 Å². The smallest absolute Gasteiger partial charge is 0.333 e. The zero-order chi connectivity index (χ0) is 15.3. The normalized spacial score (nSPS) is 13.9. The Labute approximate surface area is 116 Å². The first-order valence-electron chi connectivity index (χ1n) is 6.43. The molecule has 0 fully saturated rings. The van der Waals surface area contributed by atoms with Crippen molar-refractivity contribution >= 4 is 24.2 Å². The highest BCUT2D eigenvalue weighted by Crippen LogP contribution is 2.28. The lowest BCUT2D eigenvalue weighted by molar-refractivity contribution is -0.138. The average Bonchev–Trinajstić information content (AvgIpc) is 2.33. The molecule has 0 heterocycles. The van der Waals surface area contributed by atoms with Crippen LogP contribution in [-0.2, 0) is 19.6 Å². The summed E-state index contributed by atoms with van der Waals surface area (Å²) in [6.07, 6.45) is 0. The summed E-state index contributed by atoms with van der Waals surface area (Å²) in [4.78, 5) is 10.4. The van der Waals surface area contributed by atoms with Crippen molar-refractivity contribution in [2.24, 2.45) is 0 Å². The largest absolute Gasteiger partial charge is 0.461 e. The molecule has 0 aliphatic heterocycles. The molecule has 0 aromatic rings. The molecule has 1 N–H and O–H groups in total. The minimum Gasteiger partial charge on any atom is -0.461 e. The Balaban J connectivity index is 5.24. The van der Waals surface area contributed by atoms with Gasteiger partial charge >= 0.3 is 5.97 Å². The van der Waals surface area contributed by atoms with Gasteiger partial charge in [0, 0.05) is 5.57 Å². The second kappa shape index (κ2) is 7.21. The zero-order valence-corrected chi connectivity index (χ0v) is 13.9. The van der Waals surface area contributed by atoms with E-state index in [1.54, 1.807) is 0 Å². The summed E-state index contributed by atoms with van der Waals surface area (Å²) in [5.74, 6) is -0.625. The molecule has 0 saturated carbocycles. The number of rotatable bonds is 8. The maximum atomic E-state index is 11.6. The van der Waals surface area contributed by atoms with Gasteiger partial charge in [-0.1, -0.05) is 45.5 Å². The van der Waals surface area contributed by atoms with Crippen molar-refractivity contribution in [1.29, 1.82) is 0 Å². The van der Waals surface area contributed by atoms with Crippen LogP contribution in [0.4, 0.5) is 0 Å². The van der Waals surface area contributed by atoms with Gasteiger partial charge in [0.15, 0.2) is 0 Å². The first kappa shape index (κ1) is 18.3. The Bertz CT molecular complexity index is 417. The van der Waals surface area contributed by atoms with E-state index in [4.69, 9.17) is 4.74 Å². The van der Waals surface area contributed by atoms with Crippen molar-refractivity contribution < 1.29 is 22.5 Å². The summed E-state index contributed by atoms with van der Waals surface area (Å²) >= 11 is 0. The topological polar surface area (TPSA) is 80.7 Å². The minimum atomic E-state index is -4.23. The fourth-order valence-electron chi connectivity index (χ4n) is 2.29. The molecule has 7 heteroatoms. The second-order valence-electron chi connectivity index (χ2n) is 4.81. The lowest BCUT2D eigenvalue weighted by Crippen LogP contribution is -2.52. The van der Waals surface area contributed by atoms with Crippen LogP contribution < -0.4 is 0 Å². The highest BCUT2D eigenvalue weighted by molar-refractivity contribution is 7.88. The van der Waals surface area contributed by atoms with E-state index in [0.717, 1.165) is 18.1 Å². The molecule has 5 nitrogen and oxygen atoms in total. The van der Waals surface area contributed by atoms with Gasteiger partial charge in [-0.2, -0.15) is 8.42 Å². The van der Waals surface area contributed by atoms with E-state index < -0.39 is 29.0 Å². The molecule has 0 spiro atoms. The molecular weight excluding hydrogens is 284 g/mol. The minimum absolute atomic E-state index is 0.214. The zero-order valence-electron chi connectivity index (χ0n) is 12.1. The van der Waals surface area contributed by atoms with Gasteiger partial charge in [0.1, 0.15) is 11.5 Å². The van der Waals surface area contributed by atoms with Gasteiger partial charge < -0.3 is 4.74 Å². The number of hydrogen-bond acceptors (Lipinski definition) is 4. The van der Waals surface area contributed by atoms with E-state index in [0.29, 0.717) is 0 Å². The molecule has 1 unspecified atom stereocenters. The number of carbonyl (C=O) groups is 1. The van der Waals surface area contributed by atoms with Crippen LogP contribution in [-0.4, -0.2) is 38.5 Å². The molecule has 0 aromatic carbocycles. The Morgan fingerprint density at radius 3 is 1.95 bits per heavy atom. The van der Waals surface area contributed by atoms with Crippen molar-refractivity contribution in [3.05, 3.63) is 12.2 Å². The summed E-state index contributed by atoms with van der Waals surface area (Å²) in [6, 6.07) is 2.15. The van der Waals surface area contributed by atoms with Gasteiger partial charge in [-0.3, -0.25) is 4.55 Å². The highest BCUT2D eigenvalue weighted by atomic mass is 32.2. The third-order valence-corrected chi connectivity index (χ3v) is 12.9. The van der Waals surface area contributed by atoms with Crippen LogP contribution in [0.5, 0.6) is 0 Å². The molecule has 0 bridgehead atoms. The van der Waals surface area contributed by atoms with E-state index in [9.17, 15) is 17.8 Å². The summed E-state index contributed by atoms with van der Waals surface area (Å²) < 4.78 is 37.6. The molecule has 0 aromatic heterocycles. The molecule has 19 heavy (non-hydrogen) atoms. The third kappa shape index (κ3) is 4.74. The lowest BCUT2D eigenvalue weighted by atomic mass is 10.4. The summed E-state index contributed by atoms with van der Waals surface area (Å²) in [5, 5.41) is 0. The quantitative estimate of drug-likeness (QED) is 0.322. The molecule has 112 valence electrons. The van der Waals surface area contributed by atoms with Gasteiger partial charge in [0.25, 0.3) is 10.1 Å². The third-order valence-electron chi connectivity index (χ3n) is 3.87. The molecule has 0 rings (SSSR count). The van der Waals surface area contributed by atoms with Crippen molar-refractivity contribution in [2.45, 2.75) is 50.7 Å². The van der Waals surface area contributed by atoms with Crippen molar-refractivity contribution in [1.82, 2.24) is 0 Å². The van der Waals surface area contributed by atoms with Crippen LogP contribution in [0.1, 0.15) is 27.7 Å². The van der Waals surface area contributed by atoms with Crippen LogP contribution in [0.25, 0.3) is 0 Å². The highest BCUT2D eigenvalue weighted by Gasteiger charge is 2.44. The number of ether oxygens (including phenoxy) is 1. The maximum Gasteiger partial charge on any atom is 0.333 e. The predicted molar refractivity (Wildman–Crippen MR) is 78.3 cm³/mol. The van der Waals surface area contributed by atoms with Crippen LogP contribution >= 0.6 is 0 Å². The van der Waals surface area contributed by atoms with Gasteiger partial charge in [-0.05, 0) is 6.92 Å². The summed E-state index contributed by atoms with van der Waals surface area (Å²) in [7, 11) is -6.45. The summed E-state index contributed by atoms with van der Waals surface area (Å²) in [6.45, 7) is 10.4. The first-order valence-corrected chi connectivity index (χ1v) is 10.6. The summed E-state index contributed by atoms with van der Waals surface area (Å²) in [5.41, 5.74) is 0.214. The Morgan fingerprint density at radius 2 is 1.68 bits per heavy atom. The second-order valence-corrected chi connectivity index (χ2v) is 12.4. The van der Waals surface area contributed by atoms with Gasteiger partial charge in [-0.25, -0.2) is 4.79 Å². The van der Waals surface area contributed by atoms with Crippen LogP contribution in [0, 0.1) is 0 Å². The Kier molecular flexibility index (Phi) is 6.96. The fraction of sp³-hybridized carbons (Fsp3) is 0.750. The lowest BCUT2D eigenvalue weighted by Gasteiger charge is -2.34. The molecular formula is C12H24O5SSi. The first-order chi connectivity index (χ1) is 8.64. The van der Waals surface area contributed by atoms with E-state index in [1.165, 1.54) is 6.92 Å². The molecule has 0 saturated heterocycles. The maximum absolute atomic E-state index is 11.6. The van der Waals surface area contributed by atoms with E-state index >= 15 is 0 Å². The SMILES string of the molecule is C=C(C)C(=O)OCC([Si](CC)(CC)CC)S(=O)(=O)O. The number of carbonyl (C=O) groups excluding carboxylic acids is 1. The predicted octanol–water partition coefficient (Wildman–Crippen LogP) is 2.41. The van der Waals surface area contributed by atoms with Crippen LogP contribution in [0.3, 0.4) is 0 Å². The van der Waals surface area contributed by atoms with Crippen molar-refractivity contribution in [2.75, 3.05) is 6.61 Å². The van der Waals surface area contributed by atoms with Gasteiger partial charge in [0.2, 0.25) is 0 Å². The molecule has 0 amide bonds. The average molecular weight is 308 g/mol. The molecule has 0 aliphatic carbocycles. The number of hydrogen-bond donors (Lipinski definition) is 1. The van der Waals surface area contributed by atoms with Gasteiger partial charge in [0.05, 0.1) is 8.07 Å². The standard InChI is InChI=1S/C12H24O5SSi/c1-6-19(7-2,8-3)11(18(14,15)16)9-17-12(13)10(4)5/h11H,4,6-9H2,1-3,5H3,(H,14,15,16). The molecule has 1 atom stereocenters. The van der Waals surface area contributed by atoms with Crippen molar-refractivity contribution in [3.63, 3.8) is 0 Å². The van der Waals surface area contributed by atoms with Crippen LogP contribution in [0.15, 0.2) is 12.2 Å². The molecule has 0 aliphatic rings. The number of esters is 1. The fourth-order valence-corrected chi connectivity index (χ4v) is 9.86. The monoisotopic (exact) mass is 308 g/mol. The van der Waals surface area contributed by atoms with Crippen molar-refractivity contribution in [3.8, 4) is 0 Å². The van der Waals surface area contributed by atoms with E-state index in [1.807, 2.05) is 20.8 Å². The Hall–Kier alpha value is -0.663. The van der Waals surface area contributed by atoms with E-state index in [-0.39, 0.29) is 12.2 Å². The van der Waals surface area contributed by atoms with Gasteiger partial charge in [-0.15, -0.1) is 0 Å². The molecule has 0 radical (unpaired) electrons. The Morgan fingerprint density at radius 1 is 1.26 bits per heavy atom.